The largest absolute Gasteiger partial charge is 0.384 e. The topological polar surface area (TPSA) is 66.0 Å². The Morgan fingerprint density at radius 2 is 2.29 bits per heavy atom. The predicted molar refractivity (Wildman–Crippen MR) is 103 cm³/mol. The Balaban J connectivity index is 0.00000288. The lowest BCUT2D eigenvalue weighted by Gasteiger charge is -2.21. The van der Waals surface area contributed by atoms with Gasteiger partial charge in [0.25, 0.3) is 0 Å². The van der Waals surface area contributed by atoms with E-state index in [1.165, 1.54) is 12.1 Å². The number of nitrogens with one attached hydrogen (secondary N) is 2. The molecule has 0 aliphatic carbocycles. The SMILES string of the molecule is CN=C(NCC(=O)Nc1cccc(F)c1)N1CCC(COC)C1.I. The molecule has 6 nitrogen and oxygen atoms in total. The van der Waals surface area contributed by atoms with Gasteiger partial charge in [0.2, 0.25) is 5.91 Å². The number of carbonyl (C=O) groups excluding carboxylic acids is 1. The molecule has 1 aromatic carbocycles. The quantitative estimate of drug-likeness (QED) is 0.409. The van der Waals surface area contributed by atoms with Crippen molar-refractivity contribution in [2.24, 2.45) is 10.9 Å². The summed E-state index contributed by atoms with van der Waals surface area (Å²) in [5.74, 6) is 0.551. The second-order valence-electron chi connectivity index (χ2n) is 5.52. The van der Waals surface area contributed by atoms with Gasteiger partial charge in [0.15, 0.2) is 5.96 Å². The first-order chi connectivity index (χ1) is 11.1. The summed E-state index contributed by atoms with van der Waals surface area (Å²) >= 11 is 0. The fraction of sp³-hybridized carbons (Fsp3) is 0.500. The average Bonchev–Trinajstić information content (AvgIpc) is 2.97. The highest BCUT2D eigenvalue weighted by Gasteiger charge is 2.24. The Morgan fingerprint density at radius 1 is 1.50 bits per heavy atom. The van der Waals surface area contributed by atoms with Gasteiger partial charge in [-0.3, -0.25) is 9.79 Å². The Labute approximate surface area is 158 Å². The molecule has 2 rings (SSSR count). The standard InChI is InChI=1S/C16H23FN4O2.HI/c1-18-16(21-7-6-12(10-21)11-23-2)19-9-15(22)20-14-5-3-4-13(17)8-14;/h3-5,8,12H,6-7,9-11H2,1-2H3,(H,18,19)(H,20,22);1H. The maximum Gasteiger partial charge on any atom is 0.243 e. The Hall–Kier alpha value is -1.42. The van der Waals surface area contributed by atoms with Gasteiger partial charge in [0.05, 0.1) is 13.2 Å². The molecule has 1 atom stereocenters. The summed E-state index contributed by atoms with van der Waals surface area (Å²) in [4.78, 5) is 18.3. The second kappa shape index (κ2) is 10.4. The number of nitrogens with zero attached hydrogens (tertiary/aromatic N) is 2. The number of hydrogen-bond donors (Lipinski definition) is 2. The van der Waals surface area contributed by atoms with Crippen LogP contribution in [0.4, 0.5) is 10.1 Å². The minimum atomic E-state index is -0.382. The van der Waals surface area contributed by atoms with Gasteiger partial charge in [0.1, 0.15) is 5.82 Å². The molecule has 1 aromatic rings. The van der Waals surface area contributed by atoms with E-state index in [-0.39, 0.29) is 42.2 Å². The fourth-order valence-electron chi connectivity index (χ4n) is 2.66. The molecule has 1 aliphatic rings. The molecule has 0 bridgehead atoms. The zero-order valence-electron chi connectivity index (χ0n) is 13.9. The fourth-order valence-corrected chi connectivity index (χ4v) is 2.66. The highest BCUT2D eigenvalue weighted by Crippen LogP contribution is 2.16. The van der Waals surface area contributed by atoms with Gasteiger partial charge in [-0.05, 0) is 24.6 Å². The number of ether oxygens (including phenoxy) is 1. The molecule has 1 aliphatic heterocycles. The number of guanidine groups is 1. The number of aliphatic imine (C=N–C) groups is 1. The first-order valence-electron chi connectivity index (χ1n) is 7.62. The Bertz CT molecular complexity index is 571. The summed E-state index contributed by atoms with van der Waals surface area (Å²) in [6.45, 7) is 2.56. The molecule has 2 N–H and O–H groups in total. The number of carbonyl (C=O) groups is 1. The van der Waals surface area contributed by atoms with Crippen LogP contribution >= 0.6 is 24.0 Å². The predicted octanol–water partition coefficient (Wildman–Crippen LogP) is 1.93. The molecule has 1 amide bonds. The van der Waals surface area contributed by atoms with Crippen LogP contribution in [0.3, 0.4) is 0 Å². The van der Waals surface area contributed by atoms with Gasteiger partial charge >= 0.3 is 0 Å². The van der Waals surface area contributed by atoms with Crippen LogP contribution in [0.2, 0.25) is 0 Å². The van der Waals surface area contributed by atoms with Gasteiger partial charge < -0.3 is 20.3 Å². The van der Waals surface area contributed by atoms with E-state index in [4.69, 9.17) is 4.74 Å². The van der Waals surface area contributed by atoms with E-state index < -0.39 is 0 Å². The Kier molecular flexibility index (Phi) is 8.98. The van der Waals surface area contributed by atoms with E-state index in [9.17, 15) is 9.18 Å². The molecule has 0 radical (unpaired) electrons. The van der Waals surface area contributed by atoms with Gasteiger partial charge in [-0.25, -0.2) is 4.39 Å². The molecule has 134 valence electrons. The first kappa shape index (κ1) is 20.6. The molecule has 1 fully saturated rings. The van der Waals surface area contributed by atoms with Crippen LogP contribution in [0.25, 0.3) is 0 Å². The van der Waals surface area contributed by atoms with Crippen LogP contribution in [0.1, 0.15) is 6.42 Å². The lowest BCUT2D eigenvalue weighted by Crippen LogP contribution is -2.43. The van der Waals surface area contributed by atoms with E-state index >= 15 is 0 Å². The van der Waals surface area contributed by atoms with Crippen molar-refractivity contribution in [3.8, 4) is 0 Å². The summed E-state index contributed by atoms with van der Waals surface area (Å²) in [6.07, 6.45) is 1.05. The molecule has 8 heteroatoms. The van der Waals surface area contributed by atoms with Crippen LogP contribution < -0.4 is 10.6 Å². The number of hydrogen-bond acceptors (Lipinski definition) is 3. The highest BCUT2D eigenvalue weighted by molar-refractivity contribution is 14.0. The smallest absolute Gasteiger partial charge is 0.243 e. The van der Waals surface area contributed by atoms with Gasteiger partial charge in [-0.2, -0.15) is 0 Å². The summed E-state index contributed by atoms with van der Waals surface area (Å²) in [7, 11) is 3.39. The number of anilines is 1. The normalized spacial score (nSPS) is 17.4. The maximum atomic E-state index is 13.1. The van der Waals surface area contributed by atoms with Crippen molar-refractivity contribution >= 4 is 41.5 Å². The van der Waals surface area contributed by atoms with Gasteiger partial charge in [-0.1, -0.05) is 6.07 Å². The van der Waals surface area contributed by atoms with E-state index in [2.05, 4.69) is 20.5 Å². The molecule has 0 spiro atoms. The first-order valence-corrected chi connectivity index (χ1v) is 7.62. The van der Waals surface area contributed by atoms with Crippen molar-refractivity contribution in [3.63, 3.8) is 0 Å². The van der Waals surface area contributed by atoms with Crippen molar-refractivity contribution in [3.05, 3.63) is 30.1 Å². The third-order valence-electron chi connectivity index (χ3n) is 3.71. The van der Waals surface area contributed by atoms with Crippen LogP contribution in [-0.4, -0.2) is 57.2 Å². The third-order valence-corrected chi connectivity index (χ3v) is 3.71. The van der Waals surface area contributed by atoms with E-state index in [0.29, 0.717) is 17.6 Å². The zero-order valence-corrected chi connectivity index (χ0v) is 16.2. The minimum Gasteiger partial charge on any atom is -0.384 e. The van der Waals surface area contributed by atoms with Crippen molar-refractivity contribution < 1.29 is 13.9 Å². The number of methoxy groups -OCH3 is 1. The number of amides is 1. The minimum absolute atomic E-state index is 0. The zero-order chi connectivity index (χ0) is 16.7. The number of likely N-dealkylation sites (tertiary alicyclic amines) is 1. The van der Waals surface area contributed by atoms with E-state index in [1.807, 2.05) is 0 Å². The molecule has 24 heavy (non-hydrogen) atoms. The van der Waals surface area contributed by atoms with Crippen LogP contribution in [0, 0.1) is 11.7 Å². The van der Waals surface area contributed by atoms with Gasteiger partial charge in [-0.15, -0.1) is 24.0 Å². The summed E-state index contributed by atoms with van der Waals surface area (Å²) in [5, 5.41) is 5.68. The lowest BCUT2D eigenvalue weighted by atomic mass is 10.1. The number of benzene rings is 1. The molecule has 1 unspecified atom stereocenters. The number of rotatable bonds is 5. The van der Waals surface area contributed by atoms with Crippen molar-refractivity contribution in [2.45, 2.75) is 6.42 Å². The van der Waals surface area contributed by atoms with Crippen LogP contribution in [0.5, 0.6) is 0 Å². The van der Waals surface area contributed by atoms with E-state index in [1.54, 1.807) is 26.3 Å². The third kappa shape index (κ3) is 6.23. The summed E-state index contributed by atoms with van der Waals surface area (Å²) < 4.78 is 18.3. The molecular weight excluding hydrogens is 426 g/mol. The monoisotopic (exact) mass is 450 g/mol. The molecule has 1 heterocycles. The van der Waals surface area contributed by atoms with E-state index in [0.717, 1.165) is 26.1 Å². The maximum absolute atomic E-state index is 13.1. The lowest BCUT2D eigenvalue weighted by molar-refractivity contribution is -0.115. The summed E-state index contributed by atoms with van der Waals surface area (Å²) in [5.41, 5.74) is 0.438. The molecular formula is C16H24FIN4O2. The average molecular weight is 450 g/mol. The van der Waals surface area contributed by atoms with Crippen molar-refractivity contribution in [1.29, 1.82) is 0 Å². The number of halogens is 2. The van der Waals surface area contributed by atoms with Crippen LogP contribution in [0.15, 0.2) is 29.3 Å². The molecule has 0 saturated carbocycles. The summed E-state index contributed by atoms with van der Waals surface area (Å²) in [6, 6.07) is 5.81. The Morgan fingerprint density at radius 3 is 2.96 bits per heavy atom. The van der Waals surface area contributed by atoms with Crippen LogP contribution in [-0.2, 0) is 9.53 Å². The second-order valence-corrected chi connectivity index (χ2v) is 5.52. The van der Waals surface area contributed by atoms with Gasteiger partial charge in [0, 0.05) is 38.9 Å². The van der Waals surface area contributed by atoms with Crippen molar-refractivity contribution in [2.75, 3.05) is 45.7 Å². The highest BCUT2D eigenvalue weighted by atomic mass is 127. The van der Waals surface area contributed by atoms with Crippen molar-refractivity contribution in [1.82, 2.24) is 10.2 Å². The molecule has 1 saturated heterocycles. The molecule has 0 aromatic heterocycles.